The molecule has 0 radical (unpaired) electrons. The van der Waals surface area contributed by atoms with Crippen molar-refractivity contribution < 1.29 is 14.7 Å². The molecule has 0 aliphatic carbocycles. The first kappa shape index (κ1) is 17.0. The van der Waals surface area contributed by atoms with Gasteiger partial charge in [0.05, 0.1) is 0 Å². The standard InChI is InChI=1S/C16H24N2O3/c1-4-7-14(16(20)21)17-15(19)12-8-10-13(11-9-12)18(5-2)6-3/h8-11,14H,4-7H2,1-3H3,(H,17,19)(H,20,21). The summed E-state index contributed by atoms with van der Waals surface area (Å²) in [5.41, 5.74) is 1.54. The predicted molar refractivity (Wildman–Crippen MR) is 83.8 cm³/mol. The molecule has 0 heterocycles. The predicted octanol–water partition coefficient (Wildman–Crippen LogP) is 2.52. The summed E-state index contributed by atoms with van der Waals surface area (Å²) < 4.78 is 0. The smallest absolute Gasteiger partial charge is 0.326 e. The van der Waals surface area contributed by atoms with Crippen LogP contribution in [-0.2, 0) is 4.79 Å². The molecular weight excluding hydrogens is 268 g/mol. The number of carbonyl (C=O) groups excluding carboxylic acids is 1. The lowest BCUT2D eigenvalue weighted by Crippen LogP contribution is -2.40. The second-order valence-electron chi connectivity index (χ2n) is 4.87. The summed E-state index contributed by atoms with van der Waals surface area (Å²) in [5.74, 6) is -1.34. The summed E-state index contributed by atoms with van der Waals surface area (Å²) in [4.78, 5) is 25.3. The molecule has 116 valence electrons. The van der Waals surface area contributed by atoms with Gasteiger partial charge in [-0.2, -0.15) is 0 Å². The average molecular weight is 292 g/mol. The van der Waals surface area contributed by atoms with Gasteiger partial charge >= 0.3 is 5.97 Å². The Labute approximate surface area is 126 Å². The number of amides is 1. The molecular formula is C16H24N2O3. The molecule has 5 nitrogen and oxygen atoms in total. The summed E-state index contributed by atoms with van der Waals surface area (Å²) in [7, 11) is 0. The van der Waals surface area contributed by atoms with Gasteiger partial charge in [-0.15, -0.1) is 0 Å². The first-order valence-corrected chi connectivity index (χ1v) is 7.42. The summed E-state index contributed by atoms with van der Waals surface area (Å²) >= 11 is 0. The summed E-state index contributed by atoms with van der Waals surface area (Å²) in [6.07, 6.45) is 1.14. The zero-order valence-corrected chi connectivity index (χ0v) is 12.9. The zero-order valence-electron chi connectivity index (χ0n) is 12.9. The molecule has 0 spiro atoms. The number of anilines is 1. The van der Waals surface area contributed by atoms with Crippen molar-refractivity contribution in [1.29, 1.82) is 0 Å². The lowest BCUT2D eigenvalue weighted by molar-refractivity contribution is -0.139. The Kier molecular flexibility index (Phi) is 6.72. The van der Waals surface area contributed by atoms with E-state index in [1.165, 1.54) is 0 Å². The number of nitrogens with zero attached hydrogens (tertiary/aromatic N) is 1. The van der Waals surface area contributed by atoms with Crippen molar-refractivity contribution in [2.24, 2.45) is 0 Å². The van der Waals surface area contributed by atoms with Gasteiger partial charge < -0.3 is 15.3 Å². The summed E-state index contributed by atoms with van der Waals surface area (Å²) in [6, 6.07) is 6.40. The van der Waals surface area contributed by atoms with Crippen molar-refractivity contribution >= 4 is 17.6 Å². The van der Waals surface area contributed by atoms with Crippen molar-refractivity contribution in [2.45, 2.75) is 39.7 Å². The van der Waals surface area contributed by atoms with E-state index in [0.29, 0.717) is 18.4 Å². The highest BCUT2D eigenvalue weighted by Crippen LogP contribution is 2.15. The molecule has 1 aromatic rings. The first-order valence-electron chi connectivity index (χ1n) is 7.42. The molecule has 1 atom stereocenters. The van der Waals surface area contributed by atoms with Gasteiger partial charge in [0.15, 0.2) is 0 Å². The molecule has 1 rings (SSSR count). The van der Waals surface area contributed by atoms with Crippen LogP contribution < -0.4 is 10.2 Å². The topological polar surface area (TPSA) is 69.6 Å². The lowest BCUT2D eigenvalue weighted by Gasteiger charge is -2.21. The van der Waals surface area contributed by atoms with Crippen LogP contribution >= 0.6 is 0 Å². The lowest BCUT2D eigenvalue weighted by atomic mass is 10.1. The fourth-order valence-electron chi connectivity index (χ4n) is 2.20. The molecule has 0 bridgehead atoms. The van der Waals surface area contributed by atoms with Crippen LogP contribution in [0.3, 0.4) is 0 Å². The van der Waals surface area contributed by atoms with E-state index in [9.17, 15) is 9.59 Å². The number of hydrogen-bond acceptors (Lipinski definition) is 3. The van der Waals surface area contributed by atoms with Crippen LogP contribution in [0, 0.1) is 0 Å². The van der Waals surface area contributed by atoms with Gasteiger partial charge in [-0.3, -0.25) is 4.79 Å². The quantitative estimate of drug-likeness (QED) is 0.772. The molecule has 0 saturated carbocycles. The highest BCUT2D eigenvalue weighted by atomic mass is 16.4. The number of benzene rings is 1. The second-order valence-corrected chi connectivity index (χ2v) is 4.87. The number of nitrogens with one attached hydrogen (secondary N) is 1. The van der Waals surface area contributed by atoms with E-state index in [-0.39, 0.29) is 5.91 Å². The third-order valence-corrected chi connectivity index (χ3v) is 3.44. The molecule has 1 amide bonds. The van der Waals surface area contributed by atoms with Crippen LogP contribution in [0.5, 0.6) is 0 Å². The van der Waals surface area contributed by atoms with Gasteiger partial charge in [0, 0.05) is 24.3 Å². The van der Waals surface area contributed by atoms with E-state index in [4.69, 9.17) is 5.11 Å². The Hall–Kier alpha value is -2.04. The number of rotatable bonds is 8. The van der Waals surface area contributed by atoms with Gasteiger partial charge in [0.25, 0.3) is 5.91 Å². The first-order chi connectivity index (χ1) is 10.0. The number of carbonyl (C=O) groups is 2. The Bertz CT molecular complexity index is 467. The van der Waals surface area contributed by atoms with E-state index in [0.717, 1.165) is 18.8 Å². The van der Waals surface area contributed by atoms with Crippen LogP contribution in [0.4, 0.5) is 5.69 Å². The van der Waals surface area contributed by atoms with Crippen LogP contribution in [0.15, 0.2) is 24.3 Å². The number of carboxylic acid groups (broad SMARTS) is 1. The number of aliphatic carboxylic acids is 1. The van der Waals surface area contributed by atoms with E-state index in [1.54, 1.807) is 12.1 Å². The molecule has 1 unspecified atom stereocenters. The van der Waals surface area contributed by atoms with Crippen LogP contribution in [-0.4, -0.2) is 36.1 Å². The van der Waals surface area contributed by atoms with Crippen molar-refractivity contribution in [3.8, 4) is 0 Å². The van der Waals surface area contributed by atoms with Crippen LogP contribution in [0.2, 0.25) is 0 Å². The molecule has 5 heteroatoms. The molecule has 1 aromatic carbocycles. The van der Waals surface area contributed by atoms with Crippen LogP contribution in [0.25, 0.3) is 0 Å². The summed E-state index contributed by atoms with van der Waals surface area (Å²) in [5, 5.41) is 11.6. The van der Waals surface area contributed by atoms with E-state index in [2.05, 4.69) is 24.1 Å². The fraction of sp³-hybridized carbons (Fsp3) is 0.500. The van der Waals surface area contributed by atoms with E-state index >= 15 is 0 Å². The van der Waals surface area contributed by atoms with Gasteiger partial charge in [0.1, 0.15) is 6.04 Å². The monoisotopic (exact) mass is 292 g/mol. The minimum Gasteiger partial charge on any atom is -0.480 e. The maximum absolute atomic E-state index is 12.1. The Morgan fingerprint density at radius 2 is 1.71 bits per heavy atom. The Morgan fingerprint density at radius 3 is 2.14 bits per heavy atom. The minimum atomic E-state index is -0.995. The largest absolute Gasteiger partial charge is 0.480 e. The van der Waals surface area contributed by atoms with E-state index < -0.39 is 12.0 Å². The van der Waals surface area contributed by atoms with Crippen molar-refractivity contribution in [3.63, 3.8) is 0 Å². The van der Waals surface area contributed by atoms with Gasteiger partial charge in [-0.25, -0.2) is 4.79 Å². The molecule has 0 aliphatic heterocycles. The van der Waals surface area contributed by atoms with Crippen molar-refractivity contribution in [2.75, 3.05) is 18.0 Å². The molecule has 0 saturated heterocycles. The van der Waals surface area contributed by atoms with E-state index in [1.807, 2.05) is 19.1 Å². The fourth-order valence-corrected chi connectivity index (χ4v) is 2.20. The highest BCUT2D eigenvalue weighted by Gasteiger charge is 2.19. The SMILES string of the molecule is CCCC(NC(=O)c1ccc(N(CC)CC)cc1)C(=O)O. The summed E-state index contributed by atoms with van der Waals surface area (Å²) in [6.45, 7) is 7.85. The van der Waals surface area contributed by atoms with Gasteiger partial charge in [-0.05, 0) is 44.5 Å². The molecule has 21 heavy (non-hydrogen) atoms. The normalized spacial score (nSPS) is 11.8. The molecule has 0 aliphatic rings. The number of carboxylic acids is 1. The third-order valence-electron chi connectivity index (χ3n) is 3.44. The third kappa shape index (κ3) is 4.77. The Balaban J connectivity index is 2.77. The van der Waals surface area contributed by atoms with Crippen LogP contribution in [0.1, 0.15) is 44.0 Å². The maximum atomic E-state index is 12.1. The van der Waals surface area contributed by atoms with Gasteiger partial charge in [0.2, 0.25) is 0 Å². The molecule has 2 N–H and O–H groups in total. The van der Waals surface area contributed by atoms with Gasteiger partial charge in [-0.1, -0.05) is 13.3 Å². The zero-order chi connectivity index (χ0) is 15.8. The molecule has 0 aromatic heterocycles. The second kappa shape index (κ2) is 8.29. The Morgan fingerprint density at radius 1 is 1.14 bits per heavy atom. The number of hydrogen-bond donors (Lipinski definition) is 2. The molecule has 0 fully saturated rings. The average Bonchev–Trinajstić information content (AvgIpc) is 2.48. The minimum absolute atomic E-state index is 0.345. The maximum Gasteiger partial charge on any atom is 0.326 e. The van der Waals surface area contributed by atoms with Crippen molar-refractivity contribution in [1.82, 2.24) is 5.32 Å². The van der Waals surface area contributed by atoms with Crippen molar-refractivity contribution in [3.05, 3.63) is 29.8 Å². The highest BCUT2D eigenvalue weighted by molar-refractivity contribution is 5.96.